The van der Waals surface area contributed by atoms with E-state index >= 15 is 0 Å². The second-order valence-corrected chi connectivity index (χ2v) is 7.85. The molecule has 8 heteroatoms. The van der Waals surface area contributed by atoms with Crippen molar-refractivity contribution in [3.8, 4) is 0 Å². The normalized spacial score (nSPS) is 18.6. The maximum atomic E-state index is 13.5. The van der Waals surface area contributed by atoms with Gasteiger partial charge in [-0.15, -0.1) is 0 Å². The molecule has 1 amide bonds. The molecule has 4 rings (SSSR count). The number of rotatable bonds is 7. The fourth-order valence-electron chi connectivity index (χ4n) is 3.94. The molecule has 158 valence electrons. The number of hydrogen-bond donors (Lipinski definition) is 1. The van der Waals surface area contributed by atoms with E-state index in [4.69, 9.17) is 11.6 Å². The molecule has 0 bridgehead atoms. The zero-order chi connectivity index (χ0) is 22.0. The van der Waals surface area contributed by atoms with Gasteiger partial charge in [0.25, 0.3) is 5.91 Å². The number of halogens is 2. The van der Waals surface area contributed by atoms with Crippen LogP contribution in [0.5, 0.6) is 0 Å². The number of likely N-dealkylation sites (tertiary alicyclic amines) is 1. The fraction of sp³-hybridized carbons (Fsp3) is 0.217. The largest absolute Gasteiger partial charge is 0.328 e. The molecule has 1 fully saturated rings. The molecule has 1 saturated heterocycles. The Morgan fingerprint density at radius 2 is 1.81 bits per heavy atom. The Morgan fingerprint density at radius 3 is 2.45 bits per heavy atom. The van der Waals surface area contributed by atoms with E-state index in [0.717, 1.165) is 0 Å². The van der Waals surface area contributed by atoms with Gasteiger partial charge in [0.15, 0.2) is 5.78 Å². The minimum atomic E-state index is -1.20. The average molecular weight is 441 g/mol. The van der Waals surface area contributed by atoms with Crippen molar-refractivity contribution in [2.75, 3.05) is 6.54 Å². The van der Waals surface area contributed by atoms with Crippen molar-refractivity contribution >= 4 is 29.1 Å². The molecule has 31 heavy (non-hydrogen) atoms. The lowest BCUT2D eigenvalue weighted by molar-refractivity contribution is -0.695. The third-order valence-electron chi connectivity index (χ3n) is 5.45. The lowest BCUT2D eigenvalue weighted by Crippen LogP contribution is -2.36. The van der Waals surface area contributed by atoms with Crippen LogP contribution in [0.4, 0.5) is 4.39 Å². The first-order valence-corrected chi connectivity index (χ1v) is 10.3. The number of hydrogen-bond acceptors (Lipinski definition) is 3. The van der Waals surface area contributed by atoms with Crippen molar-refractivity contribution in [2.24, 2.45) is 5.92 Å². The van der Waals surface area contributed by atoms with Gasteiger partial charge in [0, 0.05) is 23.6 Å². The topological polar surface area (TPSA) is 74.1 Å². The highest BCUT2D eigenvalue weighted by Gasteiger charge is 2.51. The number of ketones is 2. The Balaban J connectivity index is 1.65. The number of aryl methyl sites for hydroxylation is 1. The molecule has 2 unspecified atom stereocenters. The molecule has 0 saturated carbocycles. The number of carbonyl (C=O) groups is 3. The van der Waals surface area contributed by atoms with E-state index in [9.17, 15) is 18.8 Å². The first-order chi connectivity index (χ1) is 15.0. The van der Waals surface area contributed by atoms with Crippen molar-refractivity contribution in [3.63, 3.8) is 0 Å². The molecular formula is C23H20ClFN3O3+. The van der Waals surface area contributed by atoms with E-state index in [0.29, 0.717) is 29.1 Å². The van der Waals surface area contributed by atoms with E-state index in [-0.39, 0.29) is 6.54 Å². The predicted molar refractivity (Wildman–Crippen MR) is 111 cm³/mol. The van der Waals surface area contributed by atoms with E-state index in [1.54, 1.807) is 24.7 Å². The van der Waals surface area contributed by atoms with Gasteiger partial charge in [-0.25, -0.2) is 8.96 Å². The number of benzene rings is 2. The number of aromatic amines is 1. The van der Waals surface area contributed by atoms with E-state index < -0.39 is 35.3 Å². The summed E-state index contributed by atoms with van der Waals surface area (Å²) in [6.07, 6.45) is 6.02. The van der Waals surface area contributed by atoms with Crippen molar-refractivity contribution in [1.82, 2.24) is 9.88 Å². The van der Waals surface area contributed by atoms with E-state index in [2.05, 4.69) is 4.98 Å². The fourth-order valence-corrected chi connectivity index (χ4v) is 4.06. The second kappa shape index (κ2) is 8.81. The van der Waals surface area contributed by atoms with Gasteiger partial charge in [0.2, 0.25) is 12.1 Å². The number of amides is 1. The van der Waals surface area contributed by atoms with Gasteiger partial charge in [-0.3, -0.25) is 19.4 Å². The number of imidazole rings is 1. The molecule has 1 N–H and O–H groups in total. The summed E-state index contributed by atoms with van der Waals surface area (Å²) in [5, 5.41) is 0.462. The number of Topliss-reactive ketones (excluding diaryl/α,β-unsaturated/α-hetero) is 2. The Bertz CT molecular complexity index is 1100. The average Bonchev–Trinajstić information content (AvgIpc) is 3.37. The highest BCUT2D eigenvalue weighted by atomic mass is 35.5. The Hall–Kier alpha value is -3.32. The summed E-state index contributed by atoms with van der Waals surface area (Å²) >= 11 is 5.91. The van der Waals surface area contributed by atoms with Crippen LogP contribution in [0.3, 0.4) is 0 Å². The van der Waals surface area contributed by atoms with Gasteiger partial charge in [-0.05, 0) is 42.0 Å². The van der Waals surface area contributed by atoms with Crippen molar-refractivity contribution in [2.45, 2.75) is 19.0 Å². The van der Waals surface area contributed by atoms with E-state index in [1.807, 2.05) is 10.8 Å². The molecule has 2 heterocycles. The van der Waals surface area contributed by atoms with Crippen molar-refractivity contribution in [3.05, 3.63) is 89.2 Å². The summed E-state index contributed by atoms with van der Waals surface area (Å²) in [7, 11) is 0. The van der Waals surface area contributed by atoms with Crippen LogP contribution in [0.25, 0.3) is 0 Å². The quantitative estimate of drug-likeness (QED) is 0.265. The van der Waals surface area contributed by atoms with Crippen LogP contribution < -0.4 is 4.57 Å². The predicted octanol–water partition coefficient (Wildman–Crippen LogP) is 3.14. The first kappa shape index (κ1) is 20.9. The van der Waals surface area contributed by atoms with E-state index in [1.165, 1.54) is 41.3 Å². The Morgan fingerprint density at radius 1 is 1.10 bits per heavy atom. The van der Waals surface area contributed by atoms with Gasteiger partial charge < -0.3 is 4.90 Å². The zero-order valence-corrected chi connectivity index (χ0v) is 17.3. The molecule has 2 aromatic carbocycles. The molecular weight excluding hydrogens is 421 g/mol. The third-order valence-corrected chi connectivity index (χ3v) is 5.70. The first-order valence-electron chi connectivity index (χ1n) is 9.87. The molecule has 1 aromatic heterocycles. The van der Waals surface area contributed by atoms with Gasteiger partial charge in [-0.2, -0.15) is 0 Å². The Kier molecular flexibility index (Phi) is 5.95. The number of nitrogens with one attached hydrogen (secondary N) is 1. The smallest absolute Gasteiger partial charge is 0.291 e. The lowest BCUT2D eigenvalue weighted by atomic mass is 9.86. The summed E-state index contributed by atoms with van der Waals surface area (Å²) in [5.41, 5.74) is 0.842. The molecule has 0 aliphatic carbocycles. The zero-order valence-electron chi connectivity index (χ0n) is 16.5. The summed E-state index contributed by atoms with van der Waals surface area (Å²) in [6.45, 7) is 0.919. The van der Waals surface area contributed by atoms with Crippen LogP contribution in [0.2, 0.25) is 5.02 Å². The molecule has 6 nitrogen and oxygen atoms in total. The molecule has 1 aliphatic rings. The minimum absolute atomic E-state index is 0.287. The second-order valence-electron chi connectivity index (χ2n) is 7.41. The van der Waals surface area contributed by atoms with Crippen molar-refractivity contribution < 1.29 is 23.3 Å². The lowest BCUT2D eigenvalue weighted by Gasteiger charge is -2.27. The highest BCUT2D eigenvalue weighted by Crippen LogP contribution is 2.38. The minimum Gasteiger partial charge on any atom is -0.328 e. The molecule has 0 radical (unpaired) electrons. The summed E-state index contributed by atoms with van der Waals surface area (Å²) in [6, 6.07) is 11.0. The third kappa shape index (κ3) is 4.27. The number of nitrogens with zero attached hydrogens (tertiary/aromatic N) is 2. The van der Waals surface area contributed by atoms with Crippen LogP contribution in [-0.2, 0) is 16.1 Å². The molecule has 1 aliphatic heterocycles. The monoisotopic (exact) mass is 440 g/mol. The summed E-state index contributed by atoms with van der Waals surface area (Å²) in [4.78, 5) is 43.4. The van der Waals surface area contributed by atoms with Crippen LogP contribution >= 0.6 is 11.6 Å². The van der Waals surface area contributed by atoms with Crippen molar-refractivity contribution in [1.29, 1.82) is 0 Å². The summed E-state index contributed by atoms with van der Waals surface area (Å²) in [5.74, 6) is -3.52. The maximum absolute atomic E-state index is 13.5. The maximum Gasteiger partial charge on any atom is 0.291 e. The van der Waals surface area contributed by atoms with Crippen LogP contribution in [-0.4, -0.2) is 33.9 Å². The molecule has 3 aromatic rings. The number of carbonyl (C=O) groups excluding carboxylic acids is 3. The standard InChI is InChI=1S/C23H19ClFN3O3/c24-17-6-2-16(3-7-17)21(29)19-20(15-4-8-18(25)9-5-15)28(23(31)22(19)30)12-1-11-27-13-10-26-14-27/h2-10,13-14,19-20H,1,11-12H2/p+1. The highest BCUT2D eigenvalue weighted by molar-refractivity contribution is 6.44. The van der Waals surface area contributed by atoms with Gasteiger partial charge >= 0.3 is 0 Å². The Labute approximate surface area is 183 Å². The van der Waals surface area contributed by atoms with Gasteiger partial charge in [0.05, 0.1) is 12.6 Å². The number of H-pyrrole nitrogens is 1. The SMILES string of the molecule is O=C1C(=O)N(CCC[n+]2cc[nH]c2)C(c2ccc(F)cc2)C1C(=O)c1ccc(Cl)cc1. The number of aromatic nitrogens is 2. The molecule has 2 atom stereocenters. The van der Waals surface area contributed by atoms with Crippen LogP contribution in [0.1, 0.15) is 28.4 Å². The van der Waals surface area contributed by atoms with Crippen LogP contribution in [0.15, 0.2) is 67.3 Å². The summed E-state index contributed by atoms with van der Waals surface area (Å²) < 4.78 is 15.4. The molecule has 0 spiro atoms. The van der Waals surface area contributed by atoms with Crippen LogP contribution in [0, 0.1) is 11.7 Å². The van der Waals surface area contributed by atoms with Gasteiger partial charge in [0.1, 0.15) is 24.1 Å². The van der Waals surface area contributed by atoms with Gasteiger partial charge in [-0.1, -0.05) is 23.7 Å².